The van der Waals surface area contributed by atoms with Gasteiger partial charge in [-0.15, -0.1) is 11.6 Å². The molecular weight excluding hydrogens is 240 g/mol. The van der Waals surface area contributed by atoms with E-state index in [2.05, 4.69) is 38.1 Å². The van der Waals surface area contributed by atoms with Crippen molar-refractivity contribution in [2.75, 3.05) is 0 Å². The Morgan fingerprint density at radius 3 is 2.50 bits per heavy atom. The van der Waals surface area contributed by atoms with Crippen LogP contribution in [0.1, 0.15) is 62.5 Å². The van der Waals surface area contributed by atoms with E-state index in [0.29, 0.717) is 5.92 Å². The van der Waals surface area contributed by atoms with E-state index >= 15 is 0 Å². The van der Waals surface area contributed by atoms with Crippen LogP contribution in [0.4, 0.5) is 0 Å². The van der Waals surface area contributed by atoms with Gasteiger partial charge in [0.2, 0.25) is 0 Å². The highest BCUT2D eigenvalue weighted by atomic mass is 35.5. The molecule has 0 bridgehead atoms. The van der Waals surface area contributed by atoms with Crippen LogP contribution in [0.15, 0.2) is 24.3 Å². The number of halogens is 1. The fourth-order valence-electron chi connectivity index (χ4n) is 3.11. The van der Waals surface area contributed by atoms with Gasteiger partial charge in [-0.2, -0.15) is 0 Å². The number of rotatable bonds is 5. The van der Waals surface area contributed by atoms with Gasteiger partial charge in [0.25, 0.3) is 0 Å². The monoisotopic (exact) mass is 264 g/mol. The molecule has 2 rings (SSSR count). The van der Waals surface area contributed by atoms with Gasteiger partial charge in [0.15, 0.2) is 0 Å². The van der Waals surface area contributed by atoms with Crippen LogP contribution in [-0.4, -0.2) is 0 Å². The standard InChI is InChI=1S/C17H25Cl/c1-3-4-7-14-9-11-15(12-10-14)17(18)16-8-5-6-13(16)2/h9-13,16-17H,3-8H2,1-2H3. The summed E-state index contributed by atoms with van der Waals surface area (Å²) in [5.41, 5.74) is 2.76. The Morgan fingerprint density at radius 2 is 1.94 bits per heavy atom. The third-order valence-electron chi connectivity index (χ3n) is 4.42. The molecule has 1 fully saturated rings. The molecular formula is C17H25Cl. The highest BCUT2D eigenvalue weighted by molar-refractivity contribution is 6.21. The highest BCUT2D eigenvalue weighted by Gasteiger charge is 2.30. The van der Waals surface area contributed by atoms with Gasteiger partial charge < -0.3 is 0 Å². The lowest BCUT2D eigenvalue weighted by Gasteiger charge is -2.22. The minimum Gasteiger partial charge on any atom is -0.118 e. The van der Waals surface area contributed by atoms with Gasteiger partial charge in [0, 0.05) is 0 Å². The van der Waals surface area contributed by atoms with Gasteiger partial charge in [-0.25, -0.2) is 0 Å². The molecule has 1 aromatic carbocycles. The molecule has 0 nitrogen and oxygen atoms in total. The molecule has 3 atom stereocenters. The molecule has 0 saturated heterocycles. The first kappa shape index (κ1) is 13.9. The maximum atomic E-state index is 6.66. The average Bonchev–Trinajstić information content (AvgIpc) is 2.82. The zero-order chi connectivity index (χ0) is 13.0. The van der Waals surface area contributed by atoms with E-state index < -0.39 is 0 Å². The van der Waals surface area contributed by atoms with E-state index in [1.165, 1.54) is 49.7 Å². The van der Waals surface area contributed by atoms with Gasteiger partial charge in [-0.1, -0.05) is 57.4 Å². The fourth-order valence-corrected chi connectivity index (χ4v) is 3.62. The van der Waals surface area contributed by atoms with Crippen LogP contribution < -0.4 is 0 Å². The van der Waals surface area contributed by atoms with Crippen LogP contribution in [0.25, 0.3) is 0 Å². The Hall–Kier alpha value is -0.490. The third-order valence-corrected chi connectivity index (χ3v) is 5.00. The van der Waals surface area contributed by atoms with Crippen LogP contribution in [0.2, 0.25) is 0 Å². The number of aryl methyl sites for hydroxylation is 1. The zero-order valence-corrected chi connectivity index (χ0v) is 12.4. The summed E-state index contributed by atoms with van der Waals surface area (Å²) < 4.78 is 0. The van der Waals surface area contributed by atoms with Gasteiger partial charge >= 0.3 is 0 Å². The second-order valence-electron chi connectivity index (χ2n) is 5.82. The maximum absolute atomic E-state index is 6.66. The third kappa shape index (κ3) is 3.29. The first-order chi connectivity index (χ1) is 8.72. The summed E-state index contributed by atoms with van der Waals surface area (Å²) in [6.45, 7) is 4.59. The van der Waals surface area contributed by atoms with Crippen molar-refractivity contribution in [2.24, 2.45) is 11.8 Å². The summed E-state index contributed by atoms with van der Waals surface area (Å²) in [5, 5.41) is 0.211. The van der Waals surface area contributed by atoms with Crippen LogP contribution in [0, 0.1) is 11.8 Å². The molecule has 100 valence electrons. The number of hydrogen-bond acceptors (Lipinski definition) is 0. The molecule has 0 spiro atoms. The van der Waals surface area contributed by atoms with E-state index in [-0.39, 0.29) is 5.38 Å². The molecule has 0 amide bonds. The molecule has 1 heteroatoms. The van der Waals surface area contributed by atoms with Crippen molar-refractivity contribution in [2.45, 2.75) is 57.7 Å². The largest absolute Gasteiger partial charge is 0.118 e. The van der Waals surface area contributed by atoms with E-state index in [1.54, 1.807) is 0 Å². The molecule has 0 heterocycles. The Labute approximate surface area is 117 Å². The lowest BCUT2D eigenvalue weighted by molar-refractivity contribution is 0.406. The van der Waals surface area contributed by atoms with Crippen LogP contribution in [0.3, 0.4) is 0 Å². The predicted octanol–water partition coefficient (Wildman–Crippen LogP) is 5.75. The van der Waals surface area contributed by atoms with E-state index in [9.17, 15) is 0 Å². The highest BCUT2D eigenvalue weighted by Crippen LogP contribution is 2.43. The molecule has 0 aromatic heterocycles. The second kappa shape index (κ2) is 6.61. The fraction of sp³-hybridized carbons (Fsp3) is 0.647. The summed E-state index contributed by atoms with van der Waals surface area (Å²) in [6, 6.07) is 9.02. The predicted molar refractivity (Wildman–Crippen MR) is 80.2 cm³/mol. The van der Waals surface area contributed by atoms with Crippen molar-refractivity contribution < 1.29 is 0 Å². The number of hydrogen-bond donors (Lipinski definition) is 0. The topological polar surface area (TPSA) is 0 Å². The number of alkyl halides is 1. The molecule has 0 radical (unpaired) electrons. The summed E-state index contributed by atoms with van der Waals surface area (Å²) in [7, 11) is 0. The molecule has 3 unspecified atom stereocenters. The van der Waals surface area contributed by atoms with Gasteiger partial charge in [-0.3, -0.25) is 0 Å². The second-order valence-corrected chi connectivity index (χ2v) is 6.29. The lowest BCUT2D eigenvalue weighted by Crippen LogP contribution is -2.10. The Bertz CT molecular complexity index is 354. The molecule has 0 N–H and O–H groups in total. The van der Waals surface area contributed by atoms with Gasteiger partial charge in [0.1, 0.15) is 0 Å². The van der Waals surface area contributed by atoms with Gasteiger partial charge in [-0.05, 0) is 42.2 Å². The molecule has 1 aromatic rings. The van der Waals surface area contributed by atoms with E-state index in [0.717, 1.165) is 5.92 Å². The smallest absolute Gasteiger partial charge is 0.0615 e. The normalized spacial score (nSPS) is 25.3. The lowest BCUT2D eigenvalue weighted by atomic mass is 9.90. The molecule has 1 saturated carbocycles. The minimum atomic E-state index is 0.211. The zero-order valence-electron chi connectivity index (χ0n) is 11.7. The molecule has 1 aliphatic carbocycles. The van der Waals surface area contributed by atoms with Crippen LogP contribution >= 0.6 is 11.6 Å². The van der Waals surface area contributed by atoms with Crippen molar-refractivity contribution in [1.82, 2.24) is 0 Å². The summed E-state index contributed by atoms with van der Waals surface area (Å²) in [6.07, 6.45) is 7.74. The first-order valence-electron chi connectivity index (χ1n) is 7.45. The number of unbranched alkanes of at least 4 members (excludes halogenated alkanes) is 1. The Morgan fingerprint density at radius 1 is 1.22 bits per heavy atom. The Balaban J connectivity index is 2.00. The quantitative estimate of drug-likeness (QED) is 0.595. The van der Waals surface area contributed by atoms with Crippen molar-refractivity contribution >= 4 is 11.6 Å². The first-order valence-corrected chi connectivity index (χ1v) is 7.89. The average molecular weight is 265 g/mol. The molecule has 18 heavy (non-hydrogen) atoms. The Kier molecular flexibility index (Phi) is 5.12. The molecule has 0 aliphatic heterocycles. The molecule has 1 aliphatic rings. The van der Waals surface area contributed by atoms with Crippen LogP contribution in [0.5, 0.6) is 0 Å². The van der Waals surface area contributed by atoms with Crippen molar-refractivity contribution in [3.05, 3.63) is 35.4 Å². The van der Waals surface area contributed by atoms with Crippen molar-refractivity contribution in [1.29, 1.82) is 0 Å². The minimum absolute atomic E-state index is 0.211. The van der Waals surface area contributed by atoms with E-state index in [1.807, 2.05) is 0 Å². The van der Waals surface area contributed by atoms with Gasteiger partial charge in [0.05, 0.1) is 5.38 Å². The summed E-state index contributed by atoms with van der Waals surface area (Å²) in [4.78, 5) is 0. The van der Waals surface area contributed by atoms with Crippen molar-refractivity contribution in [3.63, 3.8) is 0 Å². The maximum Gasteiger partial charge on any atom is 0.0615 e. The van der Waals surface area contributed by atoms with Crippen LogP contribution in [-0.2, 0) is 6.42 Å². The van der Waals surface area contributed by atoms with Crippen molar-refractivity contribution in [3.8, 4) is 0 Å². The summed E-state index contributed by atoms with van der Waals surface area (Å²) in [5.74, 6) is 1.46. The summed E-state index contributed by atoms with van der Waals surface area (Å²) >= 11 is 6.66. The van der Waals surface area contributed by atoms with E-state index in [4.69, 9.17) is 11.6 Å². The SMILES string of the molecule is CCCCc1ccc(C(Cl)C2CCCC2C)cc1. The number of benzene rings is 1.